The van der Waals surface area contributed by atoms with Gasteiger partial charge >= 0.3 is 12.3 Å². The van der Waals surface area contributed by atoms with Crippen LogP contribution in [0.3, 0.4) is 0 Å². The summed E-state index contributed by atoms with van der Waals surface area (Å²) in [5.74, 6) is -0.248. The predicted molar refractivity (Wildman–Crippen MR) is 116 cm³/mol. The number of hydrogen-bond donors (Lipinski definition) is 0. The minimum absolute atomic E-state index is 0.124. The lowest BCUT2D eigenvalue weighted by Crippen LogP contribution is -2.46. The molecule has 2 aliphatic rings. The highest BCUT2D eigenvalue weighted by atomic mass is 17.3. The molecule has 0 unspecified atom stereocenters. The van der Waals surface area contributed by atoms with Crippen molar-refractivity contribution < 1.29 is 38.4 Å². The Kier molecular flexibility index (Phi) is 10.5. The van der Waals surface area contributed by atoms with E-state index in [1.54, 1.807) is 0 Å². The SMILES string of the molecule is CCCCC(=O)C1(OC(=O)OOC(=O)OC2(C(=O)CCCC)CCCCC2)CCCCC1. The molecule has 0 N–H and O–H groups in total. The van der Waals surface area contributed by atoms with Gasteiger partial charge in [0.2, 0.25) is 0 Å². The van der Waals surface area contributed by atoms with Crippen LogP contribution in [0.1, 0.15) is 117 Å². The second kappa shape index (κ2) is 12.8. The average Bonchev–Trinajstić information content (AvgIpc) is 2.80. The Morgan fingerprint density at radius 3 is 1.25 bits per heavy atom. The molecule has 0 radical (unpaired) electrons. The van der Waals surface area contributed by atoms with Gasteiger partial charge in [0.25, 0.3) is 0 Å². The molecule has 0 bridgehead atoms. The maximum absolute atomic E-state index is 12.7. The quantitative estimate of drug-likeness (QED) is 0.220. The highest BCUT2D eigenvalue weighted by Gasteiger charge is 2.45. The van der Waals surface area contributed by atoms with Gasteiger partial charge in [-0.25, -0.2) is 0 Å². The minimum Gasteiger partial charge on any atom is -0.417 e. The molecule has 32 heavy (non-hydrogen) atoms. The first kappa shape index (κ1) is 26.1. The summed E-state index contributed by atoms with van der Waals surface area (Å²) in [7, 11) is 0. The second-order valence-corrected chi connectivity index (χ2v) is 9.03. The monoisotopic (exact) mass is 454 g/mol. The smallest absolute Gasteiger partial charge is 0.417 e. The van der Waals surface area contributed by atoms with Gasteiger partial charge in [-0.05, 0) is 64.2 Å². The van der Waals surface area contributed by atoms with Crippen molar-refractivity contribution in [3.8, 4) is 0 Å². The molecular formula is C24H38O8. The first-order valence-corrected chi connectivity index (χ1v) is 12.2. The molecular weight excluding hydrogens is 416 g/mol. The number of ether oxygens (including phenoxy) is 2. The van der Waals surface area contributed by atoms with Crippen LogP contribution in [0.2, 0.25) is 0 Å². The van der Waals surface area contributed by atoms with Gasteiger partial charge in [-0.2, -0.15) is 19.4 Å². The lowest BCUT2D eigenvalue weighted by atomic mass is 9.80. The van der Waals surface area contributed by atoms with E-state index in [2.05, 4.69) is 9.78 Å². The molecule has 2 aliphatic carbocycles. The summed E-state index contributed by atoms with van der Waals surface area (Å²) >= 11 is 0. The lowest BCUT2D eigenvalue weighted by Gasteiger charge is -2.35. The molecule has 2 fully saturated rings. The number of rotatable bonds is 10. The van der Waals surface area contributed by atoms with Crippen LogP contribution >= 0.6 is 0 Å². The molecule has 0 aliphatic heterocycles. The first-order chi connectivity index (χ1) is 15.4. The average molecular weight is 455 g/mol. The Bertz CT molecular complexity index is 588. The molecule has 2 saturated carbocycles. The molecule has 0 aromatic carbocycles. The summed E-state index contributed by atoms with van der Waals surface area (Å²) in [6.07, 6.45) is 8.10. The molecule has 0 aromatic heterocycles. The van der Waals surface area contributed by atoms with Crippen LogP contribution in [0.4, 0.5) is 9.59 Å². The minimum atomic E-state index is -1.25. The highest BCUT2D eigenvalue weighted by Crippen LogP contribution is 2.36. The molecule has 0 heterocycles. The molecule has 0 saturated heterocycles. The summed E-state index contributed by atoms with van der Waals surface area (Å²) < 4.78 is 10.8. The Hall–Kier alpha value is -2.12. The van der Waals surface area contributed by atoms with Gasteiger partial charge in [0.05, 0.1) is 0 Å². The highest BCUT2D eigenvalue weighted by molar-refractivity contribution is 5.90. The van der Waals surface area contributed by atoms with E-state index in [0.29, 0.717) is 38.5 Å². The molecule has 0 spiro atoms. The van der Waals surface area contributed by atoms with E-state index in [9.17, 15) is 19.2 Å². The van der Waals surface area contributed by atoms with E-state index < -0.39 is 23.5 Å². The number of Topliss-reactive ketones (excluding diaryl/α,β-unsaturated/α-hetero) is 2. The molecule has 2 rings (SSSR count). The van der Waals surface area contributed by atoms with Crippen LogP contribution in [0.25, 0.3) is 0 Å². The molecule has 8 heteroatoms. The number of hydrogen-bond acceptors (Lipinski definition) is 8. The van der Waals surface area contributed by atoms with Gasteiger partial charge in [0.1, 0.15) is 0 Å². The fourth-order valence-corrected chi connectivity index (χ4v) is 4.67. The normalized spacial score (nSPS) is 19.4. The van der Waals surface area contributed by atoms with Gasteiger partial charge in [0, 0.05) is 12.8 Å². The zero-order valence-corrected chi connectivity index (χ0v) is 19.6. The number of carbonyl (C=O) groups excluding carboxylic acids is 4. The van der Waals surface area contributed by atoms with Crippen molar-refractivity contribution in [1.29, 1.82) is 0 Å². The van der Waals surface area contributed by atoms with Crippen molar-refractivity contribution in [1.82, 2.24) is 0 Å². The van der Waals surface area contributed by atoms with Crippen molar-refractivity contribution in [2.24, 2.45) is 0 Å². The van der Waals surface area contributed by atoms with Crippen LogP contribution in [0.5, 0.6) is 0 Å². The largest absolute Gasteiger partial charge is 0.551 e. The Morgan fingerprint density at radius 2 is 0.938 bits per heavy atom. The topological polar surface area (TPSA) is 105 Å². The summed E-state index contributed by atoms with van der Waals surface area (Å²) in [4.78, 5) is 59.0. The van der Waals surface area contributed by atoms with E-state index in [-0.39, 0.29) is 11.6 Å². The van der Waals surface area contributed by atoms with E-state index in [1.807, 2.05) is 13.8 Å². The molecule has 0 atom stereocenters. The second-order valence-electron chi connectivity index (χ2n) is 9.03. The van der Waals surface area contributed by atoms with E-state index in [4.69, 9.17) is 9.47 Å². The molecule has 0 amide bonds. The summed E-state index contributed by atoms with van der Waals surface area (Å²) in [6, 6.07) is 0. The third-order valence-corrected chi connectivity index (χ3v) is 6.59. The fraction of sp³-hybridized carbons (Fsp3) is 0.833. The van der Waals surface area contributed by atoms with Crippen molar-refractivity contribution in [3.05, 3.63) is 0 Å². The Morgan fingerprint density at radius 1 is 0.594 bits per heavy atom. The van der Waals surface area contributed by atoms with Crippen LogP contribution < -0.4 is 0 Å². The standard InChI is InChI=1S/C24H38O8/c1-3-5-13-19(25)23(15-9-7-10-16-23)29-21(27)31-32-22(28)30-24(17-11-8-12-18-24)20(26)14-6-4-2/h3-18H2,1-2H3. The predicted octanol–water partition coefficient (Wildman–Crippen LogP) is 6.13. The van der Waals surface area contributed by atoms with Crippen molar-refractivity contribution >= 4 is 23.9 Å². The Labute approximate surface area is 190 Å². The first-order valence-electron chi connectivity index (χ1n) is 12.2. The fourth-order valence-electron chi connectivity index (χ4n) is 4.67. The lowest BCUT2D eigenvalue weighted by molar-refractivity contribution is -0.238. The van der Waals surface area contributed by atoms with Crippen molar-refractivity contribution in [2.45, 2.75) is 128 Å². The van der Waals surface area contributed by atoms with Gasteiger partial charge in [-0.15, -0.1) is 0 Å². The van der Waals surface area contributed by atoms with Crippen LogP contribution in [-0.2, 0) is 28.8 Å². The van der Waals surface area contributed by atoms with Gasteiger partial charge in [-0.3, -0.25) is 9.59 Å². The third kappa shape index (κ3) is 7.20. The zero-order chi connectivity index (χ0) is 23.5. The number of ketones is 2. The summed E-state index contributed by atoms with van der Waals surface area (Å²) in [6.45, 7) is 3.98. The number of carbonyl (C=O) groups is 4. The molecule has 8 nitrogen and oxygen atoms in total. The maximum atomic E-state index is 12.7. The van der Waals surface area contributed by atoms with Crippen LogP contribution in [0.15, 0.2) is 0 Å². The van der Waals surface area contributed by atoms with E-state index in [0.717, 1.165) is 64.2 Å². The summed E-state index contributed by atoms with van der Waals surface area (Å²) in [5, 5.41) is 0. The van der Waals surface area contributed by atoms with E-state index in [1.165, 1.54) is 0 Å². The molecule has 182 valence electrons. The Balaban J connectivity index is 1.92. The number of unbranched alkanes of at least 4 members (excludes halogenated alkanes) is 2. The van der Waals surface area contributed by atoms with Crippen LogP contribution in [-0.4, -0.2) is 35.1 Å². The third-order valence-electron chi connectivity index (χ3n) is 6.59. The van der Waals surface area contributed by atoms with Gasteiger partial charge < -0.3 is 9.47 Å². The van der Waals surface area contributed by atoms with Gasteiger partial charge in [0.15, 0.2) is 22.8 Å². The van der Waals surface area contributed by atoms with Gasteiger partial charge in [-0.1, -0.05) is 39.5 Å². The van der Waals surface area contributed by atoms with E-state index >= 15 is 0 Å². The van der Waals surface area contributed by atoms with Crippen molar-refractivity contribution in [3.63, 3.8) is 0 Å². The van der Waals surface area contributed by atoms with Crippen molar-refractivity contribution in [2.75, 3.05) is 0 Å². The summed E-state index contributed by atoms with van der Waals surface area (Å²) in [5.41, 5.74) is -2.45. The molecule has 0 aromatic rings. The van der Waals surface area contributed by atoms with Crippen LogP contribution in [0, 0.1) is 0 Å². The maximum Gasteiger partial charge on any atom is 0.551 e. The zero-order valence-electron chi connectivity index (χ0n) is 19.6.